The molecule has 5 rings (SSSR count). The second-order valence-corrected chi connectivity index (χ2v) is 8.75. The van der Waals surface area contributed by atoms with Crippen LogP contribution < -0.4 is 10.5 Å². The lowest BCUT2D eigenvalue weighted by atomic mass is 10.1. The van der Waals surface area contributed by atoms with Gasteiger partial charge in [0.05, 0.1) is 0 Å². The molecule has 0 bridgehead atoms. The van der Waals surface area contributed by atoms with Gasteiger partial charge in [-0.2, -0.15) is 4.98 Å². The second kappa shape index (κ2) is 8.63. The molecule has 0 amide bonds. The fourth-order valence-electron chi connectivity index (χ4n) is 4.00. The summed E-state index contributed by atoms with van der Waals surface area (Å²) in [5.41, 5.74) is 7.68. The molecule has 0 unspecified atom stereocenters. The lowest BCUT2D eigenvalue weighted by Gasteiger charge is -2.21. The minimum atomic E-state index is -0.125. The van der Waals surface area contributed by atoms with Crippen molar-refractivity contribution in [2.45, 2.75) is 25.5 Å². The molecule has 8 heteroatoms. The van der Waals surface area contributed by atoms with Crippen LogP contribution in [0.5, 0.6) is 5.75 Å². The summed E-state index contributed by atoms with van der Waals surface area (Å²) in [5, 5.41) is 14.0. The number of fused-ring (bicyclic) bond motifs is 1. The monoisotopic (exact) mass is 491 g/mol. The van der Waals surface area contributed by atoms with Gasteiger partial charge in [-0.25, -0.2) is 0 Å². The number of guanidine groups is 1. The highest BCUT2D eigenvalue weighted by Gasteiger charge is 2.31. The summed E-state index contributed by atoms with van der Waals surface area (Å²) in [4.78, 5) is 6.39. The van der Waals surface area contributed by atoms with Crippen LogP contribution in [0.1, 0.15) is 30.3 Å². The third-order valence-corrected chi connectivity index (χ3v) is 6.21. The average Bonchev–Trinajstić information content (AvgIpc) is 3.48. The van der Waals surface area contributed by atoms with Crippen LogP contribution in [0.2, 0.25) is 0 Å². The molecular weight excluding hydrogens is 470 g/mol. The molecule has 1 aromatic heterocycles. The van der Waals surface area contributed by atoms with Crippen molar-refractivity contribution >= 4 is 32.7 Å². The normalized spacial score (nSPS) is 15.9. The molecule has 7 nitrogen and oxygen atoms in total. The van der Waals surface area contributed by atoms with E-state index in [0.717, 1.165) is 51.5 Å². The van der Waals surface area contributed by atoms with Crippen molar-refractivity contribution in [1.82, 2.24) is 15.0 Å². The summed E-state index contributed by atoms with van der Waals surface area (Å²) in [6, 6.07) is 20.1. The molecule has 1 saturated heterocycles. The van der Waals surface area contributed by atoms with Gasteiger partial charge < -0.3 is 19.9 Å². The molecule has 32 heavy (non-hydrogen) atoms. The van der Waals surface area contributed by atoms with E-state index < -0.39 is 0 Å². The molecule has 162 valence electrons. The van der Waals surface area contributed by atoms with E-state index in [0.29, 0.717) is 18.3 Å². The van der Waals surface area contributed by atoms with Crippen LogP contribution in [0.25, 0.3) is 22.2 Å². The highest BCUT2D eigenvalue weighted by atomic mass is 79.9. The van der Waals surface area contributed by atoms with Crippen LogP contribution in [-0.4, -0.2) is 27.5 Å². The van der Waals surface area contributed by atoms with Gasteiger partial charge in [0.2, 0.25) is 11.7 Å². The number of halogens is 1. The van der Waals surface area contributed by atoms with Gasteiger partial charge in [-0.05, 0) is 59.5 Å². The van der Waals surface area contributed by atoms with Gasteiger partial charge >= 0.3 is 0 Å². The van der Waals surface area contributed by atoms with Gasteiger partial charge in [-0.3, -0.25) is 5.41 Å². The minimum Gasteiger partial charge on any atom is -0.489 e. The lowest BCUT2D eigenvalue weighted by Crippen LogP contribution is -2.35. The smallest absolute Gasteiger partial charge is 0.249 e. The van der Waals surface area contributed by atoms with Crippen LogP contribution in [0, 0.1) is 5.41 Å². The summed E-state index contributed by atoms with van der Waals surface area (Å²) in [6.45, 7) is 1.25. The number of ether oxygens (including phenoxy) is 1. The molecule has 4 aromatic rings. The molecule has 1 aliphatic rings. The van der Waals surface area contributed by atoms with Crippen LogP contribution in [0.4, 0.5) is 0 Å². The first-order valence-electron chi connectivity index (χ1n) is 10.4. The largest absolute Gasteiger partial charge is 0.489 e. The van der Waals surface area contributed by atoms with E-state index in [1.54, 1.807) is 4.90 Å². The first kappa shape index (κ1) is 20.5. The summed E-state index contributed by atoms with van der Waals surface area (Å²) in [5.74, 6) is 1.90. The highest BCUT2D eigenvalue weighted by molar-refractivity contribution is 9.10. The average molecular weight is 492 g/mol. The maximum atomic E-state index is 7.74. The maximum Gasteiger partial charge on any atom is 0.249 e. The number of nitrogens with two attached hydrogens (primary N) is 1. The Kier molecular flexibility index (Phi) is 5.53. The molecule has 3 aromatic carbocycles. The van der Waals surface area contributed by atoms with E-state index in [2.05, 4.69) is 26.1 Å². The highest BCUT2D eigenvalue weighted by Crippen LogP contribution is 2.32. The van der Waals surface area contributed by atoms with Crippen molar-refractivity contribution in [3.63, 3.8) is 0 Å². The van der Waals surface area contributed by atoms with E-state index in [1.165, 1.54) is 0 Å². The first-order chi connectivity index (χ1) is 15.6. The predicted molar refractivity (Wildman–Crippen MR) is 126 cm³/mol. The van der Waals surface area contributed by atoms with Crippen molar-refractivity contribution in [3.8, 4) is 17.1 Å². The number of hydrogen-bond donors (Lipinski definition) is 2. The Morgan fingerprint density at radius 2 is 1.91 bits per heavy atom. The van der Waals surface area contributed by atoms with Crippen LogP contribution >= 0.6 is 15.9 Å². The van der Waals surface area contributed by atoms with Crippen molar-refractivity contribution in [3.05, 3.63) is 76.6 Å². The number of rotatable bonds is 5. The number of nitrogens with one attached hydrogen (secondary N) is 1. The molecule has 1 atom stereocenters. The molecular formula is C24H22BrN5O2. The van der Waals surface area contributed by atoms with Gasteiger partial charge in [-0.15, -0.1) is 0 Å². The van der Waals surface area contributed by atoms with Crippen LogP contribution in [-0.2, 0) is 6.61 Å². The van der Waals surface area contributed by atoms with Gasteiger partial charge in [0, 0.05) is 16.6 Å². The van der Waals surface area contributed by atoms with Crippen molar-refractivity contribution in [2.75, 3.05) is 6.54 Å². The zero-order valence-corrected chi connectivity index (χ0v) is 18.9. The predicted octanol–water partition coefficient (Wildman–Crippen LogP) is 5.26. The summed E-state index contributed by atoms with van der Waals surface area (Å²) < 4.78 is 12.5. The Bertz CT molecular complexity index is 1270. The molecule has 1 fully saturated rings. The Morgan fingerprint density at radius 3 is 2.72 bits per heavy atom. The van der Waals surface area contributed by atoms with Gasteiger partial charge in [0.15, 0.2) is 5.96 Å². The Morgan fingerprint density at radius 1 is 1.12 bits per heavy atom. The zero-order chi connectivity index (χ0) is 22.1. The second-order valence-electron chi connectivity index (χ2n) is 7.83. The summed E-state index contributed by atoms with van der Waals surface area (Å²) in [7, 11) is 0. The van der Waals surface area contributed by atoms with Gasteiger partial charge in [0.1, 0.15) is 18.4 Å². The third kappa shape index (κ3) is 4.18. The number of likely N-dealkylation sites (tertiary alicyclic amines) is 1. The summed E-state index contributed by atoms with van der Waals surface area (Å²) in [6.07, 6.45) is 1.80. The number of hydrogen-bond acceptors (Lipinski definition) is 5. The first-order valence-corrected chi connectivity index (χ1v) is 11.2. The standard InChI is InChI=1S/C24H22BrN5O2/c25-19-8-3-15(4-9-19)14-31-20-10-7-16-12-18(6-5-17(16)13-20)22-28-23(32-29-22)21-2-1-11-30(21)24(26)27/h3-10,12-13,21H,1-2,11,14H2,(H3,26,27)/t21-/m0/s1. The third-order valence-electron chi connectivity index (χ3n) is 5.68. The van der Waals surface area contributed by atoms with E-state index in [-0.39, 0.29) is 12.0 Å². The van der Waals surface area contributed by atoms with E-state index in [1.807, 2.05) is 60.7 Å². The Labute approximate surface area is 193 Å². The summed E-state index contributed by atoms with van der Waals surface area (Å²) >= 11 is 3.45. The molecule has 0 radical (unpaired) electrons. The number of benzene rings is 3. The molecule has 0 aliphatic carbocycles. The van der Waals surface area contributed by atoms with E-state index in [9.17, 15) is 0 Å². The Hall–Kier alpha value is -3.39. The molecule has 0 spiro atoms. The Balaban J connectivity index is 1.33. The van der Waals surface area contributed by atoms with Crippen LogP contribution in [0.15, 0.2) is 69.7 Å². The minimum absolute atomic E-state index is 0.0381. The van der Waals surface area contributed by atoms with E-state index >= 15 is 0 Å². The molecule has 0 saturated carbocycles. The molecule has 1 aliphatic heterocycles. The molecule has 2 heterocycles. The van der Waals surface area contributed by atoms with Gasteiger partial charge in [-0.1, -0.05) is 51.4 Å². The lowest BCUT2D eigenvalue weighted by molar-refractivity contribution is 0.283. The fraction of sp³-hybridized carbons (Fsp3) is 0.208. The van der Waals surface area contributed by atoms with Gasteiger partial charge in [0.25, 0.3) is 0 Å². The van der Waals surface area contributed by atoms with Crippen molar-refractivity contribution < 1.29 is 9.26 Å². The quantitative estimate of drug-likeness (QED) is 0.291. The van der Waals surface area contributed by atoms with Crippen molar-refractivity contribution in [2.24, 2.45) is 5.73 Å². The number of aromatic nitrogens is 2. The number of nitrogens with zero attached hydrogens (tertiary/aromatic N) is 3. The topological polar surface area (TPSA) is 101 Å². The molecule has 3 N–H and O–H groups in total. The fourth-order valence-corrected chi connectivity index (χ4v) is 4.26. The maximum absolute atomic E-state index is 7.74. The van der Waals surface area contributed by atoms with E-state index in [4.69, 9.17) is 20.4 Å². The van der Waals surface area contributed by atoms with Crippen molar-refractivity contribution in [1.29, 1.82) is 5.41 Å². The zero-order valence-electron chi connectivity index (χ0n) is 17.3. The SMILES string of the molecule is N=C(N)N1CCC[C@H]1c1nc(-c2ccc3cc(OCc4ccc(Br)cc4)ccc3c2)no1. The van der Waals surface area contributed by atoms with Crippen LogP contribution in [0.3, 0.4) is 0 Å².